The minimum Gasteiger partial charge on any atom is -0.326 e. The molecule has 2 amide bonds. The van der Waals surface area contributed by atoms with Gasteiger partial charge in [0.1, 0.15) is 6.54 Å². The summed E-state index contributed by atoms with van der Waals surface area (Å²) < 4.78 is 2.04. The summed E-state index contributed by atoms with van der Waals surface area (Å²) in [4.78, 5) is 24.3. The first-order valence-corrected chi connectivity index (χ1v) is 9.67. The lowest BCUT2D eigenvalue weighted by molar-refractivity contribution is -0.119. The number of carbonyl (C=O) groups is 2. The van der Waals surface area contributed by atoms with E-state index >= 15 is 0 Å². The highest BCUT2D eigenvalue weighted by Gasteiger charge is 2.13. The molecule has 2 aromatic carbocycles. The third kappa shape index (κ3) is 5.17. The SMILES string of the molecule is Cc1cccc(-c2n[nH]c(=S)n2CC(=O)Nc2ccc(NC(=O)C(C)C)cc2)c1. The first-order valence-electron chi connectivity index (χ1n) is 9.26. The average molecular weight is 410 g/mol. The topological polar surface area (TPSA) is 91.8 Å². The molecule has 0 aliphatic carbocycles. The number of aryl methyl sites for hydroxylation is 1. The maximum atomic E-state index is 12.5. The second-order valence-electron chi connectivity index (χ2n) is 7.08. The van der Waals surface area contributed by atoms with Crippen LogP contribution >= 0.6 is 12.2 Å². The van der Waals surface area contributed by atoms with Crippen LogP contribution in [0.25, 0.3) is 11.4 Å². The number of amides is 2. The average Bonchev–Trinajstić information content (AvgIpc) is 3.03. The molecule has 7 nitrogen and oxygen atoms in total. The smallest absolute Gasteiger partial charge is 0.244 e. The van der Waals surface area contributed by atoms with Crippen molar-refractivity contribution in [3.8, 4) is 11.4 Å². The van der Waals surface area contributed by atoms with Gasteiger partial charge in [-0.05, 0) is 49.5 Å². The molecule has 29 heavy (non-hydrogen) atoms. The minimum absolute atomic E-state index is 0.0322. The van der Waals surface area contributed by atoms with Crippen LogP contribution in [-0.4, -0.2) is 26.6 Å². The van der Waals surface area contributed by atoms with Crippen molar-refractivity contribution in [1.82, 2.24) is 14.8 Å². The Kier molecular flexibility index (Phi) is 6.23. The van der Waals surface area contributed by atoms with Gasteiger partial charge in [0.15, 0.2) is 10.6 Å². The number of hydrogen-bond acceptors (Lipinski definition) is 4. The summed E-state index contributed by atoms with van der Waals surface area (Å²) in [5, 5.41) is 12.7. The molecule has 0 aliphatic heterocycles. The zero-order chi connectivity index (χ0) is 21.0. The van der Waals surface area contributed by atoms with Gasteiger partial charge in [0.05, 0.1) is 0 Å². The number of carbonyl (C=O) groups excluding carboxylic acids is 2. The van der Waals surface area contributed by atoms with Gasteiger partial charge >= 0.3 is 0 Å². The number of anilines is 2. The molecule has 0 fully saturated rings. The predicted molar refractivity (Wildman–Crippen MR) is 116 cm³/mol. The number of aromatic nitrogens is 3. The molecular weight excluding hydrogens is 386 g/mol. The number of nitrogens with one attached hydrogen (secondary N) is 3. The Morgan fingerprint density at radius 1 is 1.10 bits per heavy atom. The monoisotopic (exact) mass is 409 g/mol. The van der Waals surface area contributed by atoms with Gasteiger partial charge < -0.3 is 10.6 Å². The molecular formula is C21H23N5O2S. The highest BCUT2D eigenvalue weighted by atomic mass is 32.1. The van der Waals surface area contributed by atoms with Gasteiger partial charge in [-0.25, -0.2) is 0 Å². The molecule has 3 aromatic rings. The Bertz CT molecular complexity index is 1080. The largest absolute Gasteiger partial charge is 0.326 e. The number of nitrogens with zero attached hydrogens (tertiary/aromatic N) is 2. The molecule has 0 saturated heterocycles. The first-order chi connectivity index (χ1) is 13.8. The molecule has 1 heterocycles. The Morgan fingerprint density at radius 3 is 2.38 bits per heavy atom. The van der Waals surface area contributed by atoms with E-state index in [1.165, 1.54) is 0 Å². The number of H-pyrrole nitrogens is 1. The second-order valence-corrected chi connectivity index (χ2v) is 7.46. The van der Waals surface area contributed by atoms with E-state index in [9.17, 15) is 9.59 Å². The van der Waals surface area contributed by atoms with Crippen molar-refractivity contribution in [2.75, 3.05) is 10.6 Å². The quantitative estimate of drug-likeness (QED) is 0.533. The van der Waals surface area contributed by atoms with Crippen LogP contribution in [0.2, 0.25) is 0 Å². The number of aromatic amines is 1. The standard InChI is InChI=1S/C21H23N5O2S/c1-13(2)20(28)23-17-9-7-16(8-10-17)22-18(27)12-26-19(24-25-21(26)29)15-6-4-5-14(3)11-15/h4-11,13H,12H2,1-3H3,(H,22,27)(H,23,28)(H,25,29). The summed E-state index contributed by atoms with van der Waals surface area (Å²) in [5.41, 5.74) is 3.29. The Morgan fingerprint density at radius 2 is 1.76 bits per heavy atom. The lowest BCUT2D eigenvalue weighted by Crippen LogP contribution is -2.20. The molecule has 0 saturated carbocycles. The lowest BCUT2D eigenvalue weighted by atomic mass is 10.1. The molecule has 150 valence electrons. The van der Waals surface area contributed by atoms with E-state index in [4.69, 9.17) is 12.2 Å². The van der Waals surface area contributed by atoms with Gasteiger partial charge in [0, 0.05) is 22.9 Å². The molecule has 0 atom stereocenters. The van der Waals surface area contributed by atoms with Crippen molar-refractivity contribution in [2.45, 2.75) is 27.3 Å². The third-order valence-corrected chi connectivity index (χ3v) is 4.61. The molecule has 0 unspecified atom stereocenters. The summed E-state index contributed by atoms with van der Waals surface area (Å²) >= 11 is 5.29. The van der Waals surface area contributed by atoms with Crippen LogP contribution in [0.4, 0.5) is 11.4 Å². The van der Waals surface area contributed by atoms with Crippen molar-refractivity contribution < 1.29 is 9.59 Å². The second kappa shape index (κ2) is 8.83. The Hall–Kier alpha value is -3.26. The fourth-order valence-corrected chi connectivity index (χ4v) is 2.93. The Balaban J connectivity index is 1.70. The van der Waals surface area contributed by atoms with E-state index in [0.717, 1.165) is 11.1 Å². The number of benzene rings is 2. The van der Waals surface area contributed by atoms with E-state index in [1.807, 2.05) is 45.0 Å². The van der Waals surface area contributed by atoms with Gasteiger partial charge in [0.25, 0.3) is 0 Å². The molecule has 1 aromatic heterocycles. The van der Waals surface area contributed by atoms with Gasteiger partial charge in [-0.3, -0.25) is 19.3 Å². The minimum atomic E-state index is -0.227. The lowest BCUT2D eigenvalue weighted by Gasteiger charge is -2.10. The molecule has 0 bridgehead atoms. The van der Waals surface area contributed by atoms with Crippen LogP contribution < -0.4 is 10.6 Å². The van der Waals surface area contributed by atoms with Crippen LogP contribution in [-0.2, 0) is 16.1 Å². The molecule has 8 heteroatoms. The van der Waals surface area contributed by atoms with E-state index in [2.05, 4.69) is 20.8 Å². The summed E-state index contributed by atoms with van der Waals surface area (Å²) in [6, 6.07) is 14.8. The van der Waals surface area contributed by atoms with E-state index in [1.54, 1.807) is 28.8 Å². The van der Waals surface area contributed by atoms with Gasteiger partial charge in [-0.2, -0.15) is 5.10 Å². The number of rotatable bonds is 6. The molecule has 3 N–H and O–H groups in total. The summed E-state index contributed by atoms with van der Waals surface area (Å²) in [6.45, 7) is 5.69. The normalized spacial score (nSPS) is 10.8. The van der Waals surface area contributed by atoms with Crippen LogP contribution in [0.15, 0.2) is 48.5 Å². The zero-order valence-corrected chi connectivity index (χ0v) is 17.3. The first kappa shape index (κ1) is 20.5. The maximum Gasteiger partial charge on any atom is 0.244 e. The van der Waals surface area contributed by atoms with E-state index in [0.29, 0.717) is 22.0 Å². The summed E-state index contributed by atoms with van der Waals surface area (Å²) in [7, 11) is 0. The highest BCUT2D eigenvalue weighted by molar-refractivity contribution is 7.71. The fourth-order valence-electron chi connectivity index (χ4n) is 2.74. The van der Waals surface area contributed by atoms with Gasteiger partial charge in [0.2, 0.25) is 11.8 Å². The van der Waals surface area contributed by atoms with Crippen LogP contribution in [0, 0.1) is 17.6 Å². The van der Waals surface area contributed by atoms with E-state index in [-0.39, 0.29) is 24.3 Å². The van der Waals surface area contributed by atoms with Gasteiger partial charge in [-0.15, -0.1) is 0 Å². The van der Waals surface area contributed by atoms with Crippen molar-refractivity contribution in [3.63, 3.8) is 0 Å². The van der Waals surface area contributed by atoms with Crippen LogP contribution in [0.5, 0.6) is 0 Å². The molecule has 0 radical (unpaired) electrons. The predicted octanol–water partition coefficient (Wildman–Crippen LogP) is 4.15. The molecule has 0 spiro atoms. The maximum absolute atomic E-state index is 12.5. The fraction of sp³-hybridized carbons (Fsp3) is 0.238. The Labute approximate surface area is 174 Å². The van der Waals surface area contributed by atoms with Crippen LogP contribution in [0.3, 0.4) is 0 Å². The summed E-state index contributed by atoms with van der Waals surface area (Å²) in [6.07, 6.45) is 0. The summed E-state index contributed by atoms with van der Waals surface area (Å²) in [5.74, 6) is 0.229. The van der Waals surface area contributed by atoms with Crippen molar-refractivity contribution >= 4 is 35.4 Å². The van der Waals surface area contributed by atoms with E-state index < -0.39 is 0 Å². The van der Waals surface area contributed by atoms with Crippen molar-refractivity contribution in [2.24, 2.45) is 5.92 Å². The van der Waals surface area contributed by atoms with Crippen molar-refractivity contribution in [3.05, 3.63) is 58.9 Å². The third-order valence-electron chi connectivity index (χ3n) is 4.30. The molecule has 0 aliphatic rings. The van der Waals surface area contributed by atoms with Crippen LogP contribution in [0.1, 0.15) is 19.4 Å². The molecule has 3 rings (SSSR count). The number of hydrogen-bond donors (Lipinski definition) is 3. The van der Waals surface area contributed by atoms with Crippen molar-refractivity contribution in [1.29, 1.82) is 0 Å². The van der Waals surface area contributed by atoms with Gasteiger partial charge in [-0.1, -0.05) is 37.6 Å². The zero-order valence-electron chi connectivity index (χ0n) is 16.5. The highest BCUT2D eigenvalue weighted by Crippen LogP contribution is 2.19.